The summed E-state index contributed by atoms with van der Waals surface area (Å²) in [4.78, 5) is 43.7. The molecule has 42 heavy (non-hydrogen) atoms. The van der Waals surface area contributed by atoms with Crippen molar-refractivity contribution in [2.45, 2.75) is 13.0 Å². The Morgan fingerprint density at radius 1 is 1.00 bits per heavy atom. The zero-order chi connectivity index (χ0) is 29.4. The zero-order valence-electron chi connectivity index (χ0n) is 22.8. The molecule has 4 heterocycles. The Labute approximate surface area is 239 Å². The van der Waals surface area contributed by atoms with Gasteiger partial charge in [-0.1, -0.05) is 42.2 Å². The molecule has 0 bridgehead atoms. The van der Waals surface area contributed by atoms with Crippen molar-refractivity contribution in [2.24, 2.45) is 7.05 Å². The quantitative estimate of drug-likeness (QED) is 0.322. The van der Waals surface area contributed by atoms with Crippen LogP contribution in [0.3, 0.4) is 0 Å². The fourth-order valence-corrected chi connectivity index (χ4v) is 4.92. The van der Waals surface area contributed by atoms with E-state index in [1.54, 1.807) is 55.3 Å². The van der Waals surface area contributed by atoms with E-state index in [0.717, 1.165) is 0 Å². The first kappa shape index (κ1) is 26.3. The molecule has 3 N–H and O–H groups in total. The van der Waals surface area contributed by atoms with E-state index in [-0.39, 0.29) is 22.5 Å². The average molecular weight is 556 g/mol. The largest absolute Gasteiger partial charge is 0.381 e. The molecule has 0 saturated heterocycles. The predicted molar refractivity (Wildman–Crippen MR) is 160 cm³/mol. The molecule has 10 nitrogen and oxygen atoms in total. The fraction of sp³-hybridized carbons (Fsp3) is 0.0938. The van der Waals surface area contributed by atoms with Gasteiger partial charge in [0.05, 0.1) is 11.4 Å². The number of pyridine rings is 2. The Balaban J connectivity index is 1.47. The number of nitrogens with two attached hydrogens (primary N) is 1. The topological polar surface area (TPSA) is 129 Å². The van der Waals surface area contributed by atoms with Crippen molar-refractivity contribution < 1.29 is 4.79 Å². The Kier molecular flexibility index (Phi) is 6.60. The minimum absolute atomic E-state index is 0.0547. The molecule has 10 heteroatoms. The summed E-state index contributed by atoms with van der Waals surface area (Å²) in [7, 11) is 1.66. The standard InChI is InChI=1S/C32H25N7O3/c1-20(35-31(41)28-29(33)36-38-17-7-16-34-30(28)38)25-18-23-9-6-8-22(14-12-21-13-15-26(40)37(2)19-21)27(23)32(42)39(25)24-10-4-3-5-11-24/h3-11,13,15-20H,1-2H3,(H2,33,36)(H,35,41)/t20-/m1/s1. The molecule has 2 aromatic carbocycles. The van der Waals surface area contributed by atoms with Gasteiger partial charge in [0.2, 0.25) is 5.56 Å². The van der Waals surface area contributed by atoms with Crippen LogP contribution in [0.25, 0.3) is 22.1 Å². The number of aryl methyl sites for hydroxylation is 1. The Bertz CT molecular complexity index is 2180. The molecule has 1 atom stereocenters. The van der Waals surface area contributed by atoms with Gasteiger partial charge in [-0.15, -0.1) is 5.10 Å². The first-order valence-electron chi connectivity index (χ1n) is 13.1. The number of anilines is 1. The lowest BCUT2D eigenvalue weighted by Gasteiger charge is -2.21. The lowest BCUT2D eigenvalue weighted by Crippen LogP contribution is -2.32. The van der Waals surface area contributed by atoms with Crippen LogP contribution in [-0.2, 0) is 7.05 Å². The van der Waals surface area contributed by atoms with Crippen LogP contribution >= 0.6 is 0 Å². The highest BCUT2D eigenvalue weighted by Gasteiger charge is 2.24. The SMILES string of the molecule is C[C@@H](NC(=O)c1c(N)nn2cccnc12)c1cc2cccc(C#Cc3ccc(=O)n(C)c3)c2c(=O)n1-c1ccccc1. The van der Waals surface area contributed by atoms with Crippen LogP contribution in [0.15, 0.2) is 101 Å². The third-order valence-corrected chi connectivity index (χ3v) is 6.96. The second-order valence-corrected chi connectivity index (χ2v) is 9.78. The lowest BCUT2D eigenvalue weighted by molar-refractivity contribution is 0.0941. The molecule has 0 saturated carbocycles. The van der Waals surface area contributed by atoms with Crippen molar-refractivity contribution in [2.75, 3.05) is 5.73 Å². The molecule has 6 rings (SSSR count). The van der Waals surface area contributed by atoms with Gasteiger partial charge in [-0.05, 0) is 48.7 Å². The van der Waals surface area contributed by atoms with E-state index in [4.69, 9.17) is 5.73 Å². The number of carbonyl (C=O) groups is 1. The molecule has 0 aliphatic rings. The predicted octanol–water partition coefficient (Wildman–Crippen LogP) is 3.21. The van der Waals surface area contributed by atoms with Gasteiger partial charge in [0.15, 0.2) is 11.5 Å². The summed E-state index contributed by atoms with van der Waals surface area (Å²) < 4.78 is 4.49. The average Bonchev–Trinajstić information content (AvgIpc) is 3.33. The number of aromatic nitrogens is 5. The Morgan fingerprint density at radius 2 is 1.81 bits per heavy atom. The van der Waals surface area contributed by atoms with Crippen molar-refractivity contribution >= 4 is 28.1 Å². The molecule has 6 aromatic rings. The van der Waals surface area contributed by atoms with Crippen LogP contribution in [0, 0.1) is 11.8 Å². The maximum absolute atomic E-state index is 14.2. The summed E-state index contributed by atoms with van der Waals surface area (Å²) in [6.07, 6.45) is 4.87. The number of benzene rings is 2. The molecule has 0 aliphatic heterocycles. The van der Waals surface area contributed by atoms with E-state index in [2.05, 4.69) is 27.2 Å². The summed E-state index contributed by atoms with van der Waals surface area (Å²) in [5.41, 5.74) is 8.55. The number of fused-ring (bicyclic) bond motifs is 2. The summed E-state index contributed by atoms with van der Waals surface area (Å²) in [6, 6.07) is 20.7. The molecule has 0 spiro atoms. The van der Waals surface area contributed by atoms with Gasteiger partial charge in [0.25, 0.3) is 11.5 Å². The Morgan fingerprint density at radius 3 is 2.60 bits per heavy atom. The van der Waals surface area contributed by atoms with Crippen LogP contribution < -0.4 is 22.2 Å². The maximum Gasteiger partial charge on any atom is 0.264 e. The Hall–Kier alpha value is -5.95. The third-order valence-electron chi connectivity index (χ3n) is 6.96. The highest BCUT2D eigenvalue weighted by Crippen LogP contribution is 2.24. The smallest absolute Gasteiger partial charge is 0.264 e. The molecule has 0 aliphatic carbocycles. The lowest BCUT2D eigenvalue weighted by atomic mass is 10.0. The minimum Gasteiger partial charge on any atom is -0.381 e. The summed E-state index contributed by atoms with van der Waals surface area (Å²) in [5.74, 6) is 5.77. The van der Waals surface area contributed by atoms with Crippen LogP contribution in [-0.4, -0.2) is 29.6 Å². The molecule has 4 aromatic heterocycles. The first-order valence-corrected chi connectivity index (χ1v) is 13.1. The van der Waals surface area contributed by atoms with E-state index in [1.165, 1.54) is 15.1 Å². The van der Waals surface area contributed by atoms with Gasteiger partial charge in [-0.2, -0.15) is 0 Å². The minimum atomic E-state index is -0.604. The van der Waals surface area contributed by atoms with E-state index < -0.39 is 11.9 Å². The maximum atomic E-state index is 14.2. The third kappa shape index (κ3) is 4.69. The number of nitrogen functional groups attached to an aromatic ring is 1. The molecule has 0 fully saturated rings. The van der Waals surface area contributed by atoms with Gasteiger partial charge < -0.3 is 15.6 Å². The summed E-state index contributed by atoms with van der Waals surface area (Å²) >= 11 is 0. The molecule has 0 unspecified atom stereocenters. The van der Waals surface area contributed by atoms with E-state index in [1.807, 2.05) is 48.5 Å². The van der Waals surface area contributed by atoms with Crippen molar-refractivity contribution in [3.8, 4) is 17.5 Å². The van der Waals surface area contributed by atoms with Crippen molar-refractivity contribution in [3.05, 3.63) is 134 Å². The first-order chi connectivity index (χ1) is 20.3. The van der Waals surface area contributed by atoms with Gasteiger partial charge >= 0.3 is 0 Å². The normalized spacial score (nSPS) is 11.7. The number of amides is 1. The van der Waals surface area contributed by atoms with Crippen LogP contribution in [0.2, 0.25) is 0 Å². The van der Waals surface area contributed by atoms with Gasteiger partial charge in [-0.3, -0.25) is 19.0 Å². The van der Waals surface area contributed by atoms with Gasteiger partial charge in [0.1, 0.15) is 5.56 Å². The van der Waals surface area contributed by atoms with Crippen LogP contribution in [0.5, 0.6) is 0 Å². The highest BCUT2D eigenvalue weighted by atomic mass is 16.2. The van der Waals surface area contributed by atoms with Gasteiger partial charge in [-0.25, -0.2) is 9.50 Å². The number of nitrogens with zero attached hydrogens (tertiary/aromatic N) is 5. The van der Waals surface area contributed by atoms with Crippen molar-refractivity contribution in [3.63, 3.8) is 0 Å². The van der Waals surface area contributed by atoms with Crippen LogP contribution in [0.1, 0.15) is 40.1 Å². The zero-order valence-corrected chi connectivity index (χ0v) is 22.8. The second kappa shape index (κ2) is 10.6. The number of nitrogens with one attached hydrogen (secondary N) is 1. The number of para-hydroxylation sites is 1. The molecule has 1 amide bonds. The van der Waals surface area contributed by atoms with E-state index in [9.17, 15) is 14.4 Å². The molecular formula is C32H25N7O3. The number of rotatable bonds is 4. The van der Waals surface area contributed by atoms with E-state index >= 15 is 0 Å². The highest BCUT2D eigenvalue weighted by molar-refractivity contribution is 6.04. The van der Waals surface area contributed by atoms with Crippen molar-refractivity contribution in [1.29, 1.82) is 0 Å². The van der Waals surface area contributed by atoms with Gasteiger partial charge in [0, 0.05) is 54.2 Å². The fourth-order valence-electron chi connectivity index (χ4n) is 4.92. The van der Waals surface area contributed by atoms with E-state index in [0.29, 0.717) is 38.9 Å². The number of hydrogen-bond donors (Lipinski definition) is 2. The van der Waals surface area contributed by atoms with Crippen molar-refractivity contribution in [1.82, 2.24) is 29.0 Å². The monoisotopic (exact) mass is 555 g/mol. The van der Waals surface area contributed by atoms with Crippen LogP contribution in [0.4, 0.5) is 5.82 Å². The number of hydrogen-bond acceptors (Lipinski definition) is 6. The summed E-state index contributed by atoms with van der Waals surface area (Å²) in [5, 5.41) is 8.27. The summed E-state index contributed by atoms with van der Waals surface area (Å²) in [6.45, 7) is 1.80. The molecular weight excluding hydrogens is 530 g/mol. The molecule has 206 valence electrons. The number of carbonyl (C=O) groups excluding carboxylic acids is 1. The molecule has 0 radical (unpaired) electrons. The second-order valence-electron chi connectivity index (χ2n) is 9.78.